The van der Waals surface area contributed by atoms with E-state index in [2.05, 4.69) is 0 Å². The summed E-state index contributed by atoms with van der Waals surface area (Å²) in [7, 11) is 0. The third-order valence-electron chi connectivity index (χ3n) is 10.6. The van der Waals surface area contributed by atoms with Gasteiger partial charge in [-0.1, -0.05) is 0 Å². The van der Waals surface area contributed by atoms with Crippen molar-refractivity contribution >= 4 is 0 Å². The molecule has 58 heavy (non-hydrogen) atoms. The number of aliphatic hydroxyl groups excluding tert-OH is 16. The third-order valence-corrected chi connectivity index (χ3v) is 10.6. The van der Waals surface area contributed by atoms with Crippen LogP contribution in [0.5, 0.6) is 0 Å². The van der Waals surface area contributed by atoms with Crippen molar-refractivity contribution < 1.29 is 129 Å². The van der Waals surface area contributed by atoms with Crippen LogP contribution in [0.4, 0.5) is 0 Å². The maximum Gasteiger partial charge on any atom is 0.187 e. The molecule has 5 aliphatic rings. The smallest absolute Gasteiger partial charge is 0.187 e. The number of ether oxygens (including phenoxy) is 10. The fraction of sp³-hybridized carbons (Fsp3) is 1.00. The molecule has 0 radical (unpaired) electrons. The number of rotatable bonds is 15. The van der Waals surface area contributed by atoms with E-state index >= 15 is 0 Å². The van der Waals surface area contributed by atoms with Gasteiger partial charge in [0.1, 0.15) is 122 Å². The fourth-order valence-corrected chi connectivity index (χ4v) is 7.32. The number of hydrogen-bond donors (Lipinski definition) is 16. The van der Waals surface area contributed by atoms with Crippen LogP contribution in [0.25, 0.3) is 0 Å². The minimum Gasteiger partial charge on any atom is -0.394 e. The highest BCUT2D eigenvalue weighted by molar-refractivity contribution is 4.99. The van der Waals surface area contributed by atoms with Crippen molar-refractivity contribution in [3.63, 3.8) is 0 Å². The lowest BCUT2D eigenvalue weighted by molar-refractivity contribution is -0.393. The average molecular weight is 857 g/mol. The van der Waals surface area contributed by atoms with Gasteiger partial charge in [0.15, 0.2) is 31.5 Å². The summed E-state index contributed by atoms with van der Waals surface area (Å²) in [6, 6.07) is 0. The molecule has 0 bridgehead atoms. The second-order valence-corrected chi connectivity index (χ2v) is 14.4. The molecule has 5 rings (SSSR count). The normalized spacial score (nSPS) is 51.8. The summed E-state index contributed by atoms with van der Waals surface area (Å²) in [6.45, 7) is -2.70. The highest BCUT2D eigenvalue weighted by Crippen LogP contribution is 2.35. The minimum absolute atomic E-state index is 0.0838. The molecule has 25 atom stereocenters. The summed E-state index contributed by atoms with van der Waals surface area (Å²) in [5.41, 5.74) is 0. The summed E-state index contributed by atoms with van der Waals surface area (Å²) in [5.74, 6) is 0. The third kappa shape index (κ3) is 9.77. The van der Waals surface area contributed by atoms with Crippen molar-refractivity contribution in [2.45, 2.75) is 160 Å². The first-order valence-electron chi connectivity index (χ1n) is 18.6. The molecule has 340 valence electrons. The van der Waals surface area contributed by atoms with E-state index < -0.39 is 187 Å². The Morgan fingerprint density at radius 3 is 0.828 bits per heavy atom. The number of aliphatic hydroxyl groups is 16. The zero-order valence-corrected chi connectivity index (χ0v) is 30.9. The molecule has 26 heteroatoms. The first-order valence-corrected chi connectivity index (χ1v) is 18.6. The van der Waals surface area contributed by atoms with Gasteiger partial charge in [-0.25, -0.2) is 0 Å². The monoisotopic (exact) mass is 856 g/mol. The molecular formula is C32H56O26. The van der Waals surface area contributed by atoms with E-state index in [-0.39, 0.29) is 6.61 Å². The fourth-order valence-electron chi connectivity index (χ4n) is 7.32. The van der Waals surface area contributed by atoms with Crippen LogP contribution in [-0.2, 0) is 47.4 Å². The van der Waals surface area contributed by atoms with Crippen LogP contribution in [-0.4, -0.2) is 275 Å². The van der Waals surface area contributed by atoms with E-state index in [1.54, 1.807) is 6.92 Å². The van der Waals surface area contributed by atoms with Gasteiger partial charge in [-0.15, -0.1) is 0 Å². The van der Waals surface area contributed by atoms with Crippen LogP contribution in [0.15, 0.2) is 0 Å². The molecule has 0 aromatic heterocycles. The van der Waals surface area contributed by atoms with Gasteiger partial charge in [-0.2, -0.15) is 0 Å². The largest absolute Gasteiger partial charge is 0.394 e. The van der Waals surface area contributed by atoms with Crippen LogP contribution >= 0.6 is 0 Å². The minimum atomic E-state index is -2.10. The summed E-state index contributed by atoms with van der Waals surface area (Å²) < 4.78 is 55.1. The van der Waals surface area contributed by atoms with Crippen molar-refractivity contribution in [1.82, 2.24) is 0 Å². The maximum atomic E-state index is 11.1. The zero-order valence-electron chi connectivity index (χ0n) is 30.9. The van der Waals surface area contributed by atoms with Crippen molar-refractivity contribution in [3.8, 4) is 0 Å². The van der Waals surface area contributed by atoms with E-state index in [1.165, 1.54) is 0 Å². The Morgan fingerprint density at radius 1 is 0.310 bits per heavy atom. The molecule has 0 aromatic carbocycles. The molecule has 5 saturated heterocycles. The Bertz CT molecular complexity index is 1230. The average Bonchev–Trinajstić information content (AvgIpc) is 3.22. The van der Waals surface area contributed by atoms with Crippen LogP contribution in [0.2, 0.25) is 0 Å². The Morgan fingerprint density at radius 2 is 0.552 bits per heavy atom. The molecule has 5 aliphatic heterocycles. The SMILES string of the molecule is CCO[C@@H]1O[C@H](CO)[C@@H](O[C@@H]2O[C@H](CO)[C@@H](O[C@@H]3O[C@H](CO)[C@@H](O[C@@H]4O[C@H](CO)[C@@H](O[C@H]5O[C@H](CO)[C@@H](O)[C@H](O)[C@H]5O)[C@H](O)[C@H]4O)[C@H](O)[C@H]3O)[C@H](O)[C@H]2O)[C@H](O)[C@H]1O. The van der Waals surface area contributed by atoms with Gasteiger partial charge >= 0.3 is 0 Å². The van der Waals surface area contributed by atoms with E-state index in [4.69, 9.17) is 47.4 Å². The summed E-state index contributed by atoms with van der Waals surface area (Å²) >= 11 is 0. The standard InChI is InChI=1S/C32H56O26/c1-2-49-28-20(45)15(40)24(9(4-34)51-28)56-30-22(47)17(42)26(11(6-36)53-30)58-32-23(48)18(43)27(12(7-37)54-32)57-31-21(46)16(41)25(10(5-35)52-31)55-29-19(44)14(39)13(38)8(3-33)50-29/h8-48H,2-7H2,1H3/t8-,9-,10-,11-,12-,13-,14+,15-,16-,17-,18-,19-,20-,21-,22-,23-,24-,25-,26-,27-,28-,29-,30+,31+,32+/m1/s1. The van der Waals surface area contributed by atoms with Crippen molar-refractivity contribution in [2.24, 2.45) is 0 Å². The van der Waals surface area contributed by atoms with E-state index in [1.807, 2.05) is 0 Å². The molecule has 5 fully saturated rings. The maximum absolute atomic E-state index is 11.1. The first-order chi connectivity index (χ1) is 27.6. The van der Waals surface area contributed by atoms with Gasteiger partial charge in [-0.05, 0) is 6.92 Å². The van der Waals surface area contributed by atoms with Gasteiger partial charge in [0.2, 0.25) is 0 Å². The van der Waals surface area contributed by atoms with Gasteiger partial charge < -0.3 is 129 Å². The van der Waals surface area contributed by atoms with E-state index in [0.29, 0.717) is 0 Å². The molecule has 16 N–H and O–H groups in total. The summed E-state index contributed by atoms with van der Waals surface area (Å²) in [6.07, 6.45) is -44.4. The summed E-state index contributed by atoms with van der Waals surface area (Å²) in [4.78, 5) is 0. The Labute approximate surface area is 329 Å². The number of hydrogen-bond acceptors (Lipinski definition) is 26. The predicted molar refractivity (Wildman–Crippen MR) is 176 cm³/mol. The molecular weight excluding hydrogens is 800 g/mol. The molecule has 0 spiro atoms. The van der Waals surface area contributed by atoms with Crippen LogP contribution < -0.4 is 0 Å². The van der Waals surface area contributed by atoms with Crippen molar-refractivity contribution in [2.75, 3.05) is 39.6 Å². The Balaban J connectivity index is 1.22. The lowest BCUT2D eigenvalue weighted by Crippen LogP contribution is -2.68. The Kier molecular flexibility index (Phi) is 17.3. The second-order valence-electron chi connectivity index (χ2n) is 14.4. The van der Waals surface area contributed by atoms with Gasteiger partial charge in [0.05, 0.1) is 33.0 Å². The lowest BCUT2D eigenvalue weighted by atomic mass is 9.95. The quantitative estimate of drug-likeness (QED) is 0.0727. The molecule has 0 saturated carbocycles. The van der Waals surface area contributed by atoms with E-state index in [0.717, 1.165) is 0 Å². The van der Waals surface area contributed by atoms with Gasteiger partial charge in [0.25, 0.3) is 0 Å². The van der Waals surface area contributed by atoms with Crippen LogP contribution in [0.3, 0.4) is 0 Å². The summed E-state index contributed by atoms with van der Waals surface area (Å²) in [5, 5.41) is 167. The molecule has 0 aliphatic carbocycles. The Hall–Kier alpha value is -1.04. The topological polar surface area (TPSA) is 416 Å². The highest BCUT2D eigenvalue weighted by Gasteiger charge is 2.56. The highest BCUT2D eigenvalue weighted by atomic mass is 16.8. The zero-order chi connectivity index (χ0) is 42.7. The molecule has 0 aromatic rings. The van der Waals surface area contributed by atoms with Crippen molar-refractivity contribution in [3.05, 3.63) is 0 Å². The van der Waals surface area contributed by atoms with Crippen molar-refractivity contribution in [1.29, 1.82) is 0 Å². The molecule has 0 unspecified atom stereocenters. The second kappa shape index (κ2) is 20.9. The molecule has 5 heterocycles. The van der Waals surface area contributed by atoms with Crippen LogP contribution in [0, 0.1) is 0 Å². The van der Waals surface area contributed by atoms with Gasteiger partial charge in [-0.3, -0.25) is 0 Å². The lowest BCUT2D eigenvalue weighted by Gasteiger charge is -2.49. The first kappa shape index (κ1) is 48.0. The van der Waals surface area contributed by atoms with Gasteiger partial charge in [0, 0.05) is 6.61 Å². The molecule has 0 amide bonds. The predicted octanol–water partition coefficient (Wildman–Crippen LogP) is -10.9. The van der Waals surface area contributed by atoms with E-state index in [9.17, 15) is 81.7 Å². The molecule has 26 nitrogen and oxygen atoms in total. The van der Waals surface area contributed by atoms with Crippen LogP contribution in [0.1, 0.15) is 6.92 Å².